The van der Waals surface area contributed by atoms with Gasteiger partial charge in [0.05, 0.1) is 20.3 Å². The van der Waals surface area contributed by atoms with Crippen LogP contribution in [-0.2, 0) is 22.6 Å². The third-order valence-electron chi connectivity index (χ3n) is 5.12. The molecule has 3 aromatic rings. The lowest BCUT2D eigenvalue weighted by Gasteiger charge is -2.27. The Balaban J connectivity index is 1.53. The maximum Gasteiger partial charge on any atom is 0.241 e. The van der Waals surface area contributed by atoms with Crippen molar-refractivity contribution < 1.29 is 14.3 Å². The summed E-state index contributed by atoms with van der Waals surface area (Å²) in [6, 6.07) is 15.3. The van der Waals surface area contributed by atoms with Crippen LogP contribution in [-0.4, -0.2) is 49.1 Å². The summed E-state index contributed by atoms with van der Waals surface area (Å²) in [6.45, 7) is 3.38. The predicted octanol–water partition coefficient (Wildman–Crippen LogP) is 3.37. The highest BCUT2D eigenvalue weighted by Gasteiger charge is 2.21. The minimum Gasteiger partial charge on any atom is -0.497 e. The van der Waals surface area contributed by atoms with Crippen LogP contribution in [0.15, 0.2) is 54.7 Å². The molecule has 4 rings (SSSR count). The fourth-order valence-corrected chi connectivity index (χ4v) is 3.76. The fraction of sp³-hybridized carbons (Fsp3) is 0.304. The van der Waals surface area contributed by atoms with Gasteiger partial charge in [0.15, 0.2) is 5.82 Å². The average molecular weight is 441 g/mol. The number of hydrogen-bond acceptors (Lipinski definition) is 5. The number of aromatic nitrogens is 2. The van der Waals surface area contributed by atoms with Crippen molar-refractivity contribution in [2.75, 3.05) is 38.3 Å². The first kappa shape index (κ1) is 21.2. The van der Waals surface area contributed by atoms with Crippen LogP contribution < -0.4 is 15.0 Å². The average Bonchev–Trinajstić information content (AvgIpc) is 3.22. The zero-order valence-corrected chi connectivity index (χ0v) is 18.1. The normalized spacial score (nSPS) is 13.8. The van der Waals surface area contributed by atoms with Crippen molar-refractivity contribution in [2.24, 2.45) is 0 Å². The fourth-order valence-electron chi connectivity index (χ4n) is 3.55. The topological polar surface area (TPSA) is 68.6 Å². The molecule has 1 aliphatic heterocycles. The van der Waals surface area contributed by atoms with Gasteiger partial charge in [0.1, 0.15) is 12.3 Å². The molecule has 2 aromatic carbocycles. The lowest BCUT2D eigenvalue weighted by Crippen LogP contribution is -2.37. The number of ether oxygens (including phenoxy) is 2. The number of carbonyl (C=O) groups excluding carboxylic acids is 1. The number of nitrogens with one attached hydrogen (secondary N) is 1. The van der Waals surface area contributed by atoms with Crippen LogP contribution in [0, 0.1) is 0 Å². The van der Waals surface area contributed by atoms with E-state index in [0.717, 1.165) is 41.3 Å². The van der Waals surface area contributed by atoms with E-state index in [2.05, 4.69) is 10.2 Å². The number of nitrogens with zero attached hydrogens (tertiary/aromatic N) is 3. The van der Waals surface area contributed by atoms with E-state index in [9.17, 15) is 4.79 Å². The number of anilines is 1. The molecule has 1 fully saturated rings. The molecule has 1 aliphatic rings. The number of hydrogen-bond donors (Lipinski definition) is 1. The Morgan fingerprint density at radius 3 is 2.77 bits per heavy atom. The first-order chi connectivity index (χ1) is 15.1. The van der Waals surface area contributed by atoms with Gasteiger partial charge in [-0.05, 0) is 35.4 Å². The van der Waals surface area contributed by atoms with E-state index in [-0.39, 0.29) is 12.5 Å². The maximum absolute atomic E-state index is 12.5. The summed E-state index contributed by atoms with van der Waals surface area (Å²) in [5.74, 6) is 1.50. The molecule has 0 bridgehead atoms. The summed E-state index contributed by atoms with van der Waals surface area (Å²) < 4.78 is 12.6. The molecular weight excluding hydrogens is 416 g/mol. The SMILES string of the molecule is COc1cccc(-c2cn(CC(=O)NCc3cccc(Cl)c3)nc2N2CCOCC2)c1. The van der Waals surface area contributed by atoms with Crippen LogP contribution in [0.25, 0.3) is 11.1 Å². The summed E-state index contributed by atoms with van der Waals surface area (Å²) in [7, 11) is 1.65. The Labute approximate surface area is 186 Å². The molecule has 1 N–H and O–H groups in total. The summed E-state index contributed by atoms with van der Waals surface area (Å²) in [4.78, 5) is 14.7. The molecule has 0 spiro atoms. The number of amides is 1. The first-order valence-corrected chi connectivity index (χ1v) is 10.6. The van der Waals surface area contributed by atoms with Gasteiger partial charge in [-0.3, -0.25) is 9.48 Å². The van der Waals surface area contributed by atoms with Crippen LogP contribution in [0.4, 0.5) is 5.82 Å². The minimum absolute atomic E-state index is 0.117. The Bertz CT molecular complexity index is 1050. The lowest BCUT2D eigenvalue weighted by atomic mass is 10.1. The number of halogens is 1. The van der Waals surface area contributed by atoms with Gasteiger partial charge in [-0.25, -0.2) is 0 Å². The second-order valence-corrected chi connectivity index (χ2v) is 7.74. The van der Waals surface area contributed by atoms with Gasteiger partial charge in [-0.15, -0.1) is 0 Å². The van der Waals surface area contributed by atoms with Crippen molar-refractivity contribution in [3.63, 3.8) is 0 Å². The van der Waals surface area contributed by atoms with E-state index in [4.69, 9.17) is 26.2 Å². The Kier molecular flexibility index (Phi) is 6.74. The summed E-state index contributed by atoms with van der Waals surface area (Å²) >= 11 is 6.01. The highest BCUT2D eigenvalue weighted by Crippen LogP contribution is 2.32. The quantitative estimate of drug-likeness (QED) is 0.610. The number of benzene rings is 2. The Morgan fingerprint density at radius 1 is 1.19 bits per heavy atom. The van der Waals surface area contributed by atoms with Crippen molar-refractivity contribution >= 4 is 23.3 Å². The summed E-state index contributed by atoms with van der Waals surface area (Å²) in [5.41, 5.74) is 2.90. The number of carbonyl (C=O) groups is 1. The molecule has 8 heteroatoms. The smallest absolute Gasteiger partial charge is 0.241 e. The van der Waals surface area contributed by atoms with Gasteiger partial charge in [-0.2, -0.15) is 5.10 Å². The van der Waals surface area contributed by atoms with E-state index in [1.54, 1.807) is 11.8 Å². The minimum atomic E-state index is -0.117. The van der Waals surface area contributed by atoms with Crippen LogP contribution in [0.5, 0.6) is 5.75 Å². The highest BCUT2D eigenvalue weighted by atomic mass is 35.5. The number of morpholine rings is 1. The van der Waals surface area contributed by atoms with Gasteiger partial charge >= 0.3 is 0 Å². The van der Waals surface area contributed by atoms with E-state index in [1.165, 1.54) is 0 Å². The van der Waals surface area contributed by atoms with Gasteiger partial charge in [0, 0.05) is 36.4 Å². The number of methoxy groups -OCH3 is 1. The third-order valence-corrected chi connectivity index (χ3v) is 5.35. The van der Waals surface area contributed by atoms with Crippen molar-refractivity contribution in [3.05, 3.63) is 65.3 Å². The molecule has 7 nitrogen and oxygen atoms in total. The summed E-state index contributed by atoms with van der Waals surface area (Å²) in [5, 5.41) is 8.32. The molecule has 1 amide bonds. The molecule has 162 valence electrons. The first-order valence-electron chi connectivity index (χ1n) is 10.2. The van der Waals surface area contributed by atoms with E-state index in [1.807, 2.05) is 54.7 Å². The molecule has 0 saturated carbocycles. The Morgan fingerprint density at radius 2 is 2.00 bits per heavy atom. The molecule has 0 aliphatic carbocycles. The van der Waals surface area contributed by atoms with Crippen molar-refractivity contribution in [1.82, 2.24) is 15.1 Å². The second kappa shape index (κ2) is 9.85. The molecule has 1 aromatic heterocycles. The highest BCUT2D eigenvalue weighted by molar-refractivity contribution is 6.30. The van der Waals surface area contributed by atoms with Gasteiger partial charge in [0.2, 0.25) is 5.91 Å². The lowest BCUT2D eigenvalue weighted by molar-refractivity contribution is -0.122. The van der Waals surface area contributed by atoms with Crippen LogP contribution in [0.2, 0.25) is 5.02 Å². The molecule has 0 unspecified atom stereocenters. The third kappa shape index (κ3) is 5.37. The predicted molar refractivity (Wildman–Crippen MR) is 121 cm³/mol. The molecule has 1 saturated heterocycles. The monoisotopic (exact) mass is 440 g/mol. The van der Waals surface area contributed by atoms with Crippen LogP contribution in [0.1, 0.15) is 5.56 Å². The number of rotatable bonds is 7. The standard InChI is InChI=1S/C23H25ClN4O3/c1-30-20-7-3-5-18(13-20)21-15-28(26-23(21)27-8-10-31-11-9-27)16-22(29)25-14-17-4-2-6-19(24)12-17/h2-7,12-13,15H,8-11,14,16H2,1H3,(H,25,29). The Hall–Kier alpha value is -3.03. The van der Waals surface area contributed by atoms with Gasteiger partial charge in [-0.1, -0.05) is 35.9 Å². The zero-order valence-electron chi connectivity index (χ0n) is 17.4. The van der Waals surface area contributed by atoms with Crippen molar-refractivity contribution in [3.8, 4) is 16.9 Å². The largest absolute Gasteiger partial charge is 0.497 e. The van der Waals surface area contributed by atoms with Gasteiger partial charge in [0.25, 0.3) is 0 Å². The van der Waals surface area contributed by atoms with Gasteiger partial charge < -0.3 is 19.7 Å². The van der Waals surface area contributed by atoms with Crippen molar-refractivity contribution in [1.29, 1.82) is 0 Å². The zero-order chi connectivity index (χ0) is 21.6. The van der Waals surface area contributed by atoms with E-state index < -0.39 is 0 Å². The van der Waals surface area contributed by atoms with Crippen LogP contribution >= 0.6 is 11.6 Å². The second-order valence-electron chi connectivity index (χ2n) is 7.30. The van der Waals surface area contributed by atoms with Crippen molar-refractivity contribution in [2.45, 2.75) is 13.1 Å². The summed E-state index contributed by atoms with van der Waals surface area (Å²) in [6.07, 6.45) is 1.92. The molecular formula is C23H25ClN4O3. The molecule has 2 heterocycles. The molecule has 0 atom stereocenters. The molecule has 0 radical (unpaired) electrons. The maximum atomic E-state index is 12.5. The van der Waals surface area contributed by atoms with E-state index >= 15 is 0 Å². The van der Waals surface area contributed by atoms with Crippen LogP contribution in [0.3, 0.4) is 0 Å². The van der Waals surface area contributed by atoms with E-state index in [0.29, 0.717) is 24.8 Å². The molecule has 31 heavy (non-hydrogen) atoms.